The van der Waals surface area contributed by atoms with Crippen molar-refractivity contribution in [2.45, 2.75) is 43.9 Å². The summed E-state index contributed by atoms with van der Waals surface area (Å²) in [7, 11) is 0. The predicted octanol–water partition coefficient (Wildman–Crippen LogP) is 4.65. The van der Waals surface area contributed by atoms with Gasteiger partial charge in [0.15, 0.2) is 0 Å². The zero-order valence-corrected chi connectivity index (χ0v) is 10.8. The Labute approximate surface area is 113 Å². The summed E-state index contributed by atoms with van der Waals surface area (Å²) in [5.41, 5.74) is -2.92. The highest BCUT2D eigenvalue weighted by Crippen LogP contribution is 2.42. The number of benzene rings is 1. The van der Waals surface area contributed by atoms with Gasteiger partial charge in [-0.15, -0.1) is 0 Å². The van der Waals surface area contributed by atoms with Crippen LogP contribution in [-0.2, 0) is 11.8 Å². The van der Waals surface area contributed by atoms with Crippen LogP contribution in [0.15, 0.2) is 12.1 Å². The topological polar surface area (TPSA) is 20.2 Å². The molecule has 1 aliphatic carbocycles. The van der Waals surface area contributed by atoms with E-state index in [1.807, 2.05) is 0 Å². The first-order valence-electron chi connectivity index (χ1n) is 6.03. The normalized spacial score (nSPS) is 19.5. The summed E-state index contributed by atoms with van der Waals surface area (Å²) in [4.78, 5) is 0. The van der Waals surface area contributed by atoms with Crippen molar-refractivity contribution in [3.63, 3.8) is 0 Å². The van der Waals surface area contributed by atoms with Gasteiger partial charge >= 0.3 is 6.18 Å². The third kappa shape index (κ3) is 2.87. The molecule has 106 valence electrons. The van der Waals surface area contributed by atoms with E-state index in [4.69, 9.17) is 11.6 Å². The molecule has 0 radical (unpaired) electrons. The van der Waals surface area contributed by atoms with Gasteiger partial charge < -0.3 is 5.11 Å². The fourth-order valence-electron chi connectivity index (χ4n) is 2.50. The first-order valence-corrected chi connectivity index (χ1v) is 6.41. The molecular weight excluding hydrogens is 284 g/mol. The Bertz CT molecular complexity index is 478. The van der Waals surface area contributed by atoms with Gasteiger partial charge in [0.1, 0.15) is 5.82 Å². The van der Waals surface area contributed by atoms with E-state index in [1.165, 1.54) is 0 Å². The van der Waals surface area contributed by atoms with Crippen LogP contribution in [0.25, 0.3) is 0 Å². The standard InChI is InChI=1S/C13H13ClF4O/c14-10-7-8(13(16,17)18)6-9(11(10)15)12(19)4-2-1-3-5-12/h6-7,19H,1-5H2. The molecule has 0 aromatic heterocycles. The van der Waals surface area contributed by atoms with Gasteiger partial charge in [-0.05, 0) is 25.0 Å². The maximum absolute atomic E-state index is 13.9. The lowest BCUT2D eigenvalue weighted by Crippen LogP contribution is -2.30. The third-order valence-corrected chi connectivity index (χ3v) is 3.81. The minimum absolute atomic E-state index is 0.252. The van der Waals surface area contributed by atoms with Crippen LogP contribution < -0.4 is 0 Å². The van der Waals surface area contributed by atoms with E-state index in [9.17, 15) is 22.7 Å². The van der Waals surface area contributed by atoms with Gasteiger partial charge in [-0.2, -0.15) is 13.2 Å². The quantitative estimate of drug-likeness (QED) is 0.748. The summed E-state index contributed by atoms with van der Waals surface area (Å²) >= 11 is 5.52. The zero-order chi connectivity index (χ0) is 14.3. The molecular formula is C13H13ClF4O. The van der Waals surface area contributed by atoms with Gasteiger partial charge in [-0.3, -0.25) is 0 Å². The van der Waals surface area contributed by atoms with Crippen LogP contribution in [0, 0.1) is 5.82 Å². The Morgan fingerprint density at radius 1 is 1.11 bits per heavy atom. The molecule has 1 fully saturated rings. The number of alkyl halides is 3. The van der Waals surface area contributed by atoms with Crippen molar-refractivity contribution in [1.82, 2.24) is 0 Å². The lowest BCUT2D eigenvalue weighted by Gasteiger charge is -2.33. The molecule has 0 bridgehead atoms. The van der Waals surface area contributed by atoms with Crippen molar-refractivity contribution in [3.8, 4) is 0 Å². The van der Waals surface area contributed by atoms with Gasteiger partial charge in [0.2, 0.25) is 0 Å². The summed E-state index contributed by atoms with van der Waals surface area (Å²) in [6.45, 7) is 0. The predicted molar refractivity (Wildman–Crippen MR) is 63.4 cm³/mol. The average molecular weight is 297 g/mol. The highest BCUT2D eigenvalue weighted by atomic mass is 35.5. The summed E-state index contributed by atoms with van der Waals surface area (Å²) in [5, 5.41) is 9.76. The Hall–Kier alpha value is -0.810. The molecule has 1 aliphatic rings. The van der Waals surface area contributed by atoms with Crippen LogP contribution in [0.4, 0.5) is 17.6 Å². The Morgan fingerprint density at radius 2 is 1.68 bits per heavy atom. The largest absolute Gasteiger partial charge is 0.416 e. The van der Waals surface area contributed by atoms with Crippen LogP contribution in [-0.4, -0.2) is 5.11 Å². The molecule has 2 rings (SSSR count). The fourth-order valence-corrected chi connectivity index (χ4v) is 2.72. The summed E-state index contributed by atoms with van der Waals surface area (Å²) < 4.78 is 52.1. The third-order valence-electron chi connectivity index (χ3n) is 3.54. The molecule has 0 saturated heterocycles. The van der Waals surface area contributed by atoms with Crippen molar-refractivity contribution < 1.29 is 22.7 Å². The summed E-state index contributed by atoms with van der Waals surface area (Å²) in [6.07, 6.45) is -1.91. The zero-order valence-electron chi connectivity index (χ0n) is 10.0. The van der Waals surface area contributed by atoms with E-state index in [-0.39, 0.29) is 18.4 Å². The van der Waals surface area contributed by atoms with Crippen LogP contribution in [0.1, 0.15) is 43.2 Å². The van der Waals surface area contributed by atoms with Gasteiger partial charge in [0.25, 0.3) is 0 Å². The maximum Gasteiger partial charge on any atom is 0.416 e. The van der Waals surface area contributed by atoms with E-state index in [1.54, 1.807) is 0 Å². The molecule has 1 aromatic carbocycles. The monoisotopic (exact) mass is 296 g/mol. The highest BCUT2D eigenvalue weighted by Gasteiger charge is 2.38. The van der Waals surface area contributed by atoms with E-state index in [2.05, 4.69) is 0 Å². The molecule has 0 amide bonds. The van der Waals surface area contributed by atoms with E-state index in [0.29, 0.717) is 25.0 Å². The van der Waals surface area contributed by atoms with Crippen molar-refractivity contribution >= 4 is 11.6 Å². The van der Waals surface area contributed by atoms with E-state index in [0.717, 1.165) is 6.42 Å². The van der Waals surface area contributed by atoms with Gasteiger partial charge in [0, 0.05) is 5.56 Å². The van der Waals surface area contributed by atoms with Crippen LogP contribution in [0.3, 0.4) is 0 Å². The van der Waals surface area contributed by atoms with Crippen LogP contribution in [0.2, 0.25) is 5.02 Å². The molecule has 1 aromatic rings. The molecule has 0 aliphatic heterocycles. The number of aliphatic hydroxyl groups is 1. The Balaban J connectivity index is 2.52. The summed E-state index contributed by atoms with van der Waals surface area (Å²) in [6, 6.07) is 1.22. The Morgan fingerprint density at radius 3 is 2.21 bits per heavy atom. The molecule has 19 heavy (non-hydrogen) atoms. The Kier molecular flexibility index (Phi) is 3.80. The maximum atomic E-state index is 13.9. The first kappa shape index (κ1) is 14.6. The van der Waals surface area contributed by atoms with E-state index < -0.39 is 28.2 Å². The first-order chi connectivity index (χ1) is 8.74. The molecule has 6 heteroatoms. The van der Waals surface area contributed by atoms with Crippen molar-refractivity contribution in [2.75, 3.05) is 0 Å². The van der Waals surface area contributed by atoms with Gasteiger partial charge in [-0.1, -0.05) is 30.9 Å². The smallest absolute Gasteiger partial charge is 0.385 e. The van der Waals surface area contributed by atoms with Gasteiger partial charge in [-0.25, -0.2) is 4.39 Å². The van der Waals surface area contributed by atoms with Crippen molar-refractivity contribution in [3.05, 3.63) is 34.1 Å². The minimum Gasteiger partial charge on any atom is -0.385 e. The lowest BCUT2D eigenvalue weighted by molar-refractivity contribution is -0.137. The SMILES string of the molecule is OC1(c2cc(C(F)(F)F)cc(Cl)c2F)CCCCC1. The second-order valence-electron chi connectivity index (χ2n) is 4.91. The number of hydrogen-bond donors (Lipinski definition) is 1. The molecule has 0 unspecified atom stereocenters. The van der Waals surface area contributed by atoms with Gasteiger partial charge in [0.05, 0.1) is 16.2 Å². The number of rotatable bonds is 1. The fraction of sp³-hybridized carbons (Fsp3) is 0.538. The number of halogens is 5. The second-order valence-corrected chi connectivity index (χ2v) is 5.32. The lowest BCUT2D eigenvalue weighted by atomic mass is 9.79. The highest BCUT2D eigenvalue weighted by molar-refractivity contribution is 6.30. The molecule has 0 heterocycles. The second kappa shape index (κ2) is 4.94. The van der Waals surface area contributed by atoms with Crippen molar-refractivity contribution in [2.24, 2.45) is 0 Å². The molecule has 0 spiro atoms. The van der Waals surface area contributed by atoms with Crippen molar-refractivity contribution in [1.29, 1.82) is 0 Å². The molecule has 1 nitrogen and oxygen atoms in total. The van der Waals surface area contributed by atoms with Crippen LogP contribution >= 0.6 is 11.6 Å². The molecule has 1 N–H and O–H groups in total. The molecule has 0 atom stereocenters. The average Bonchev–Trinajstić information content (AvgIpc) is 2.31. The summed E-state index contributed by atoms with van der Waals surface area (Å²) in [5.74, 6) is -0.959. The molecule has 1 saturated carbocycles. The van der Waals surface area contributed by atoms with E-state index >= 15 is 0 Å². The minimum atomic E-state index is -4.61. The number of hydrogen-bond acceptors (Lipinski definition) is 1. The van der Waals surface area contributed by atoms with Crippen LogP contribution in [0.5, 0.6) is 0 Å².